The highest BCUT2D eigenvalue weighted by molar-refractivity contribution is 7.39. The standard InChI is InChI=1S/C29H62O8P2/c1-3-5-7-9-11-13-15-17-19-21-23-28(29(25-30,26-36-38(31)32)27-37-39(33)34)35-24-22-20-18-16-14-12-10-8-6-4-2/h28,30-34H,3-27H2,1-2H3. The summed E-state index contributed by atoms with van der Waals surface area (Å²) in [6, 6.07) is 0. The number of hydrogen-bond donors (Lipinski definition) is 5. The molecular weight excluding hydrogens is 538 g/mol. The maximum absolute atomic E-state index is 10.4. The third-order valence-electron chi connectivity index (χ3n) is 7.57. The Morgan fingerprint density at radius 2 is 0.897 bits per heavy atom. The highest BCUT2D eigenvalue weighted by atomic mass is 31.2. The second-order valence-corrected chi connectivity index (χ2v) is 12.6. The topological polar surface area (TPSA) is 129 Å². The summed E-state index contributed by atoms with van der Waals surface area (Å²) in [5, 5.41) is 10.4. The second-order valence-electron chi connectivity index (χ2n) is 11.1. The van der Waals surface area contributed by atoms with Crippen LogP contribution in [0.15, 0.2) is 0 Å². The number of hydrogen-bond acceptors (Lipinski definition) is 8. The smallest absolute Gasteiger partial charge is 0.327 e. The molecular formula is C29H62O8P2. The Kier molecular flexibility index (Phi) is 29.0. The quantitative estimate of drug-likeness (QED) is 0.0399. The number of aliphatic hydroxyl groups excluding tert-OH is 1. The fourth-order valence-corrected chi connectivity index (χ4v) is 5.74. The highest BCUT2D eigenvalue weighted by Gasteiger charge is 2.41. The normalized spacial score (nSPS) is 13.2. The number of unbranched alkanes of at least 4 members (excludes halogenated alkanes) is 18. The van der Waals surface area contributed by atoms with Crippen LogP contribution in [0.25, 0.3) is 0 Å². The molecule has 0 radical (unpaired) electrons. The van der Waals surface area contributed by atoms with E-state index in [1.54, 1.807) is 0 Å². The summed E-state index contributed by atoms with van der Waals surface area (Å²) in [5.41, 5.74) is -1.12. The molecule has 0 bridgehead atoms. The minimum Gasteiger partial charge on any atom is -0.396 e. The Labute approximate surface area is 242 Å². The molecule has 0 aliphatic heterocycles. The maximum Gasteiger partial charge on any atom is 0.327 e. The van der Waals surface area contributed by atoms with Crippen molar-refractivity contribution < 1.29 is 38.5 Å². The second kappa shape index (κ2) is 28.6. The van der Waals surface area contributed by atoms with Gasteiger partial charge in [-0.2, -0.15) is 0 Å². The van der Waals surface area contributed by atoms with Crippen molar-refractivity contribution in [2.24, 2.45) is 5.41 Å². The predicted octanol–water partition coefficient (Wildman–Crippen LogP) is 8.04. The first-order valence-corrected chi connectivity index (χ1v) is 18.1. The molecule has 0 saturated heterocycles. The van der Waals surface area contributed by atoms with Crippen LogP contribution >= 0.6 is 17.2 Å². The molecule has 0 rings (SSSR count). The van der Waals surface area contributed by atoms with Crippen LogP contribution in [-0.4, -0.2) is 57.2 Å². The van der Waals surface area contributed by atoms with Crippen molar-refractivity contribution in [2.45, 2.75) is 155 Å². The average Bonchev–Trinajstić information content (AvgIpc) is 2.92. The Balaban J connectivity index is 4.71. The average molecular weight is 601 g/mol. The molecule has 0 fully saturated rings. The number of aliphatic hydroxyl groups is 1. The van der Waals surface area contributed by atoms with Gasteiger partial charge in [-0.3, -0.25) is 0 Å². The van der Waals surface area contributed by atoms with Gasteiger partial charge in [-0.1, -0.05) is 136 Å². The van der Waals surface area contributed by atoms with Crippen LogP contribution in [0.1, 0.15) is 149 Å². The van der Waals surface area contributed by atoms with Gasteiger partial charge in [0.05, 0.1) is 31.3 Å². The molecule has 1 atom stereocenters. The summed E-state index contributed by atoms with van der Waals surface area (Å²) in [6.45, 7) is 4.21. The number of ether oxygens (including phenoxy) is 1. The lowest BCUT2D eigenvalue weighted by atomic mass is 9.81. The molecule has 236 valence electrons. The van der Waals surface area contributed by atoms with Gasteiger partial charge in [0.15, 0.2) is 0 Å². The Morgan fingerprint density at radius 3 is 1.26 bits per heavy atom. The Bertz CT molecular complexity index is 488. The molecule has 0 amide bonds. The first-order valence-electron chi connectivity index (χ1n) is 15.8. The van der Waals surface area contributed by atoms with Gasteiger partial charge in [-0.15, -0.1) is 0 Å². The highest BCUT2D eigenvalue weighted by Crippen LogP contribution is 2.38. The van der Waals surface area contributed by atoms with Gasteiger partial charge in [0.1, 0.15) is 0 Å². The van der Waals surface area contributed by atoms with Gasteiger partial charge in [-0.25, -0.2) is 0 Å². The number of rotatable bonds is 31. The summed E-state index contributed by atoms with van der Waals surface area (Å²) in [7, 11) is -5.24. The van der Waals surface area contributed by atoms with Gasteiger partial charge < -0.3 is 38.5 Å². The lowest BCUT2D eigenvalue weighted by Gasteiger charge is -2.38. The Morgan fingerprint density at radius 1 is 0.538 bits per heavy atom. The molecule has 0 aromatic carbocycles. The zero-order valence-corrected chi connectivity index (χ0v) is 26.9. The van der Waals surface area contributed by atoms with Crippen LogP contribution in [0.2, 0.25) is 0 Å². The molecule has 0 spiro atoms. The largest absolute Gasteiger partial charge is 0.396 e. The van der Waals surface area contributed by atoms with E-state index in [4.69, 9.17) is 13.8 Å². The van der Waals surface area contributed by atoms with Crippen molar-refractivity contribution >= 4 is 17.2 Å². The lowest BCUT2D eigenvalue weighted by Crippen LogP contribution is -2.47. The first kappa shape index (κ1) is 39.5. The predicted molar refractivity (Wildman–Crippen MR) is 162 cm³/mol. The van der Waals surface area contributed by atoms with E-state index in [1.807, 2.05) is 0 Å². The van der Waals surface area contributed by atoms with Crippen molar-refractivity contribution in [2.75, 3.05) is 26.4 Å². The summed E-state index contributed by atoms with van der Waals surface area (Å²) in [5.74, 6) is 0. The van der Waals surface area contributed by atoms with Crippen molar-refractivity contribution in [1.29, 1.82) is 0 Å². The van der Waals surface area contributed by atoms with E-state index in [1.165, 1.54) is 96.3 Å². The molecule has 0 heterocycles. The van der Waals surface area contributed by atoms with Crippen molar-refractivity contribution in [3.63, 3.8) is 0 Å². The Hall–Kier alpha value is 0.540. The van der Waals surface area contributed by atoms with Crippen LogP contribution in [0, 0.1) is 5.41 Å². The van der Waals surface area contributed by atoms with E-state index in [-0.39, 0.29) is 19.8 Å². The molecule has 0 aliphatic rings. The molecule has 10 heteroatoms. The molecule has 0 saturated carbocycles. The first-order chi connectivity index (χ1) is 18.9. The van der Waals surface area contributed by atoms with Gasteiger partial charge in [0.25, 0.3) is 0 Å². The molecule has 1 unspecified atom stereocenters. The van der Waals surface area contributed by atoms with E-state index in [2.05, 4.69) is 13.8 Å². The minimum absolute atomic E-state index is 0.203. The SMILES string of the molecule is CCCCCCCCCCCCOC(CCCCCCCCCCCC)C(CO)(COP(O)O)COP(O)O. The van der Waals surface area contributed by atoms with E-state index < -0.39 is 28.7 Å². The monoisotopic (exact) mass is 600 g/mol. The van der Waals surface area contributed by atoms with E-state index >= 15 is 0 Å². The third-order valence-corrected chi connectivity index (χ3v) is 8.29. The van der Waals surface area contributed by atoms with Crippen LogP contribution in [0.4, 0.5) is 0 Å². The fourth-order valence-electron chi connectivity index (χ4n) is 4.99. The van der Waals surface area contributed by atoms with Crippen molar-refractivity contribution in [3.8, 4) is 0 Å². The molecule has 5 N–H and O–H groups in total. The molecule has 0 aromatic rings. The molecule has 39 heavy (non-hydrogen) atoms. The van der Waals surface area contributed by atoms with Gasteiger partial charge >= 0.3 is 17.2 Å². The third kappa shape index (κ3) is 23.8. The van der Waals surface area contributed by atoms with Gasteiger partial charge in [0, 0.05) is 6.61 Å². The fraction of sp³-hybridized carbons (Fsp3) is 1.00. The zero-order valence-electron chi connectivity index (χ0n) is 25.1. The van der Waals surface area contributed by atoms with Crippen molar-refractivity contribution in [1.82, 2.24) is 0 Å². The molecule has 0 aliphatic carbocycles. The molecule has 0 aromatic heterocycles. The maximum atomic E-state index is 10.4. The van der Waals surface area contributed by atoms with Crippen LogP contribution < -0.4 is 0 Å². The zero-order chi connectivity index (χ0) is 29.0. The summed E-state index contributed by atoms with van der Waals surface area (Å²) >= 11 is 0. The van der Waals surface area contributed by atoms with Crippen molar-refractivity contribution in [3.05, 3.63) is 0 Å². The lowest BCUT2D eigenvalue weighted by molar-refractivity contribution is -0.111. The van der Waals surface area contributed by atoms with E-state index in [9.17, 15) is 24.7 Å². The minimum atomic E-state index is -2.62. The summed E-state index contributed by atoms with van der Waals surface area (Å²) in [4.78, 5) is 37.4. The van der Waals surface area contributed by atoms with Crippen LogP contribution in [0.5, 0.6) is 0 Å². The molecule has 8 nitrogen and oxygen atoms in total. The summed E-state index contributed by atoms with van der Waals surface area (Å²) < 4.78 is 16.5. The van der Waals surface area contributed by atoms with Crippen LogP contribution in [0.3, 0.4) is 0 Å². The van der Waals surface area contributed by atoms with Gasteiger partial charge in [0.2, 0.25) is 0 Å². The van der Waals surface area contributed by atoms with Crippen LogP contribution in [-0.2, 0) is 13.8 Å². The van der Waals surface area contributed by atoms with E-state index in [0.717, 1.165) is 32.1 Å². The summed E-state index contributed by atoms with van der Waals surface area (Å²) in [6.07, 6.45) is 24.6. The van der Waals surface area contributed by atoms with Gasteiger partial charge in [-0.05, 0) is 12.8 Å². The van der Waals surface area contributed by atoms with E-state index in [0.29, 0.717) is 13.0 Å².